The number of halogens is 1. The lowest BCUT2D eigenvalue weighted by molar-refractivity contribution is -0.0797. The Bertz CT molecular complexity index is 348. The van der Waals surface area contributed by atoms with E-state index in [9.17, 15) is 9.50 Å². The van der Waals surface area contributed by atoms with Crippen LogP contribution in [0.3, 0.4) is 0 Å². The summed E-state index contributed by atoms with van der Waals surface area (Å²) < 4.78 is 23.8. The van der Waals surface area contributed by atoms with E-state index < -0.39 is 11.9 Å². The topological polar surface area (TPSA) is 38.7 Å². The molecule has 1 saturated heterocycles. The lowest BCUT2D eigenvalue weighted by Gasteiger charge is -2.26. The summed E-state index contributed by atoms with van der Waals surface area (Å²) in [5.41, 5.74) is 0.284. The van der Waals surface area contributed by atoms with Gasteiger partial charge in [-0.25, -0.2) is 4.39 Å². The molecule has 1 N–H and O–H groups in total. The molecule has 2 rings (SSSR count). The highest BCUT2D eigenvalue weighted by Gasteiger charge is 2.20. The first kappa shape index (κ1) is 10.4. The van der Waals surface area contributed by atoms with E-state index in [1.807, 2.05) is 0 Å². The zero-order valence-electron chi connectivity index (χ0n) is 8.44. The Morgan fingerprint density at radius 1 is 1.53 bits per heavy atom. The Morgan fingerprint density at radius 2 is 2.27 bits per heavy atom. The third-order valence-corrected chi connectivity index (χ3v) is 2.33. The largest absolute Gasteiger partial charge is 0.485 e. The Balaban J connectivity index is 2.10. The van der Waals surface area contributed by atoms with Gasteiger partial charge in [0.05, 0.1) is 19.3 Å². The van der Waals surface area contributed by atoms with Gasteiger partial charge in [-0.1, -0.05) is 0 Å². The molecule has 1 aliphatic heterocycles. The van der Waals surface area contributed by atoms with Crippen molar-refractivity contribution >= 4 is 0 Å². The molecular formula is C11H13FO3. The van der Waals surface area contributed by atoms with E-state index in [4.69, 9.17) is 9.47 Å². The quantitative estimate of drug-likeness (QED) is 0.828. The summed E-state index contributed by atoms with van der Waals surface area (Å²) >= 11 is 0. The number of hydrogen-bond donors (Lipinski definition) is 1. The van der Waals surface area contributed by atoms with Crippen LogP contribution in [0.15, 0.2) is 18.2 Å². The lowest BCUT2D eigenvalue weighted by Crippen LogP contribution is -2.38. The Labute approximate surface area is 87.4 Å². The first-order valence-electron chi connectivity index (χ1n) is 4.88. The van der Waals surface area contributed by atoms with E-state index in [0.717, 1.165) is 0 Å². The molecular weight excluding hydrogens is 199 g/mol. The molecule has 1 aromatic carbocycles. The van der Waals surface area contributed by atoms with Crippen molar-refractivity contribution in [2.45, 2.75) is 19.1 Å². The van der Waals surface area contributed by atoms with Crippen LogP contribution in [0.1, 0.15) is 18.6 Å². The normalized spacial score (nSPS) is 18.3. The van der Waals surface area contributed by atoms with Gasteiger partial charge in [0.25, 0.3) is 0 Å². The minimum atomic E-state index is -0.800. The summed E-state index contributed by atoms with van der Waals surface area (Å²) in [6.45, 7) is 2.64. The van der Waals surface area contributed by atoms with Gasteiger partial charge in [-0.2, -0.15) is 0 Å². The van der Waals surface area contributed by atoms with Crippen LogP contribution in [0, 0.1) is 5.82 Å². The standard InChI is InChI=1S/C11H13FO3/c1-7(13)10-3-2-8(4-11(10)12)15-9-5-14-6-9/h2-4,7,9,13H,5-6H2,1H3. The number of rotatable bonds is 3. The molecule has 0 amide bonds. The molecule has 4 heteroatoms. The molecule has 1 heterocycles. The van der Waals surface area contributed by atoms with Crippen LogP contribution in [0.2, 0.25) is 0 Å². The zero-order valence-corrected chi connectivity index (χ0v) is 8.44. The number of ether oxygens (including phenoxy) is 2. The van der Waals surface area contributed by atoms with E-state index in [-0.39, 0.29) is 11.7 Å². The van der Waals surface area contributed by atoms with Gasteiger partial charge < -0.3 is 14.6 Å². The summed E-state index contributed by atoms with van der Waals surface area (Å²) in [5.74, 6) is 0.0351. The molecule has 0 radical (unpaired) electrons. The van der Waals surface area contributed by atoms with Crippen LogP contribution < -0.4 is 4.74 Å². The zero-order chi connectivity index (χ0) is 10.8. The van der Waals surface area contributed by atoms with Crippen molar-refractivity contribution < 1.29 is 19.0 Å². The summed E-state index contributed by atoms with van der Waals surface area (Å²) in [6, 6.07) is 4.48. The smallest absolute Gasteiger partial charge is 0.145 e. The average Bonchev–Trinajstić information content (AvgIpc) is 2.11. The molecule has 0 saturated carbocycles. The van der Waals surface area contributed by atoms with Crippen molar-refractivity contribution in [3.05, 3.63) is 29.6 Å². The third-order valence-electron chi connectivity index (χ3n) is 2.33. The Hall–Kier alpha value is -1.13. The highest BCUT2D eigenvalue weighted by molar-refractivity contribution is 5.30. The van der Waals surface area contributed by atoms with Crippen molar-refractivity contribution in [1.82, 2.24) is 0 Å². The molecule has 1 unspecified atom stereocenters. The highest BCUT2D eigenvalue weighted by atomic mass is 19.1. The number of hydrogen-bond acceptors (Lipinski definition) is 3. The van der Waals surface area contributed by atoms with Crippen molar-refractivity contribution in [2.24, 2.45) is 0 Å². The maximum Gasteiger partial charge on any atom is 0.145 e. The second-order valence-corrected chi connectivity index (χ2v) is 3.64. The first-order chi connectivity index (χ1) is 7.16. The fourth-order valence-corrected chi connectivity index (χ4v) is 1.39. The van der Waals surface area contributed by atoms with Gasteiger partial charge in [0, 0.05) is 11.6 Å². The minimum absolute atomic E-state index is 0.0294. The maximum absolute atomic E-state index is 13.4. The fourth-order valence-electron chi connectivity index (χ4n) is 1.39. The highest BCUT2D eigenvalue weighted by Crippen LogP contribution is 2.23. The summed E-state index contributed by atoms with van der Waals surface area (Å²) in [5, 5.41) is 9.23. The first-order valence-corrected chi connectivity index (χ1v) is 4.88. The van der Waals surface area contributed by atoms with Gasteiger partial charge in [-0.05, 0) is 19.1 Å². The van der Waals surface area contributed by atoms with Gasteiger partial charge in [-0.15, -0.1) is 0 Å². The van der Waals surface area contributed by atoms with Crippen molar-refractivity contribution in [3.63, 3.8) is 0 Å². The second-order valence-electron chi connectivity index (χ2n) is 3.64. The molecule has 0 bridgehead atoms. The third kappa shape index (κ3) is 2.27. The van der Waals surface area contributed by atoms with Gasteiger partial charge in [0.15, 0.2) is 0 Å². The summed E-state index contributed by atoms with van der Waals surface area (Å²) in [6.07, 6.45) is -0.770. The SMILES string of the molecule is CC(O)c1ccc(OC2COC2)cc1F. The summed E-state index contributed by atoms with van der Waals surface area (Å²) in [7, 11) is 0. The lowest BCUT2D eigenvalue weighted by atomic mass is 10.1. The van der Waals surface area contributed by atoms with Crippen LogP contribution in [0.25, 0.3) is 0 Å². The Kier molecular flexibility index (Phi) is 2.88. The van der Waals surface area contributed by atoms with Gasteiger partial charge in [0.2, 0.25) is 0 Å². The number of aliphatic hydroxyl groups excluding tert-OH is 1. The van der Waals surface area contributed by atoms with Crippen LogP contribution in [0.5, 0.6) is 5.75 Å². The van der Waals surface area contributed by atoms with Crippen LogP contribution in [-0.4, -0.2) is 24.4 Å². The van der Waals surface area contributed by atoms with Gasteiger partial charge in [0.1, 0.15) is 17.7 Å². The fraction of sp³-hybridized carbons (Fsp3) is 0.455. The van der Waals surface area contributed by atoms with Gasteiger partial charge in [-0.3, -0.25) is 0 Å². The molecule has 1 aliphatic rings. The molecule has 0 aliphatic carbocycles. The van der Waals surface area contributed by atoms with Gasteiger partial charge >= 0.3 is 0 Å². The van der Waals surface area contributed by atoms with E-state index in [1.54, 1.807) is 6.07 Å². The van der Waals surface area contributed by atoms with E-state index in [1.165, 1.54) is 19.1 Å². The molecule has 3 nitrogen and oxygen atoms in total. The average molecular weight is 212 g/mol. The molecule has 1 aromatic rings. The Morgan fingerprint density at radius 3 is 2.73 bits per heavy atom. The maximum atomic E-state index is 13.4. The molecule has 82 valence electrons. The molecule has 0 aromatic heterocycles. The second kappa shape index (κ2) is 4.16. The number of benzene rings is 1. The van der Waals surface area contributed by atoms with Crippen LogP contribution >= 0.6 is 0 Å². The van der Waals surface area contributed by atoms with Crippen molar-refractivity contribution in [2.75, 3.05) is 13.2 Å². The van der Waals surface area contributed by atoms with Crippen LogP contribution in [0.4, 0.5) is 4.39 Å². The predicted molar refractivity (Wildman–Crippen MR) is 52.3 cm³/mol. The monoisotopic (exact) mass is 212 g/mol. The predicted octanol–water partition coefficient (Wildman–Crippen LogP) is 1.66. The van der Waals surface area contributed by atoms with Crippen molar-refractivity contribution in [1.29, 1.82) is 0 Å². The van der Waals surface area contributed by atoms with Crippen LogP contribution in [-0.2, 0) is 4.74 Å². The van der Waals surface area contributed by atoms with E-state index in [2.05, 4.69) is 0 Å². The van der Waals surface area contributed by atoms with E-state index in [0.29, 0.717) is 19.0 Å². The number of aliphatic hydroxyl groups is 1. The van der Waals surface area contributed by atoms with E-state index >= 15 is 0 Å². The molecule has 0 spiro atoms. The summed E-state index contributed by atoms with van der Waals surface area (Å²) in [4.78, 5) is 0. The molecule has 1 atom stereocenters. The molecule has 1 fully saturated rings. The minimum Gasteiger partial charge on any atom is -0.485 e. The molecule has 15 heavy (non-hydrogen) atoms. The van der Waals surface area contributed by atoms with Crippen molar-refractivity contribution in [3.8, 4) is 5.75 Å².